The molecule has 2 amide bonds. The van der Waals surface area contributed by atoms with E-state index in [2.05, 4.69) is 10.3 Å². The standard InChI is InChI=1S/C22H24N4O6S/c1-15(27)33-20-11-19(8-9-21(28)24-17-3-2-10-23-12-17)25(13-20)22(29)32-14-16-4-6-18(7-5-16)26(30)31/h2-7,10,12,19-20H,8-9,11,13-14H2,1H3,(H,24,28)/t19-,20+/m1/s1. The number of carbonyl (C=O) groups is 3. The SMILES string of the molecule is CC(=O)S[C@H]1C[C@@H](CCC(=O)Nc2cccnc2)N(C(=O)OCc2ccc([N+](=O)[O-])cc2)C1. The van der Waals surface area contributed by atoms with Gasteiger partial charge in [0.15, 0.2) is 5.12 Å². The number of hydrogen-bond acceptors (Lipinski definition) is 8. The van der Waals surface area contributed by atoms with Gasteiger partial charge in [-0.2, -0.15) is 0 Å². The maximum Gasteiger partial charge on any atom is 0.410 e. The van der Waals surface area contributed by atoms with Crippen LogP contribution in [0.1, 0.15) is 31.7 Å². The lowest BCUT2D eigenvalue weighted by Gasteiger charge is -2.23. The molecule has 1 aliphatic rings. The molecular weight excluding hydrogens is 448 g/mol. The molecule has 0 unspecified atom stereocenters. The highest BCUT2D eigenvalue weighted by molar-refractivity contribution is 8.14. The van der Waals surface area contributed by atoms with E-state index in [1.807, 2.05) is 0 Å². The molecule has 1 aromatic heterocycles. The summed E-state index contributed by atoms with van der Waals surface area (Å²) in [6.45, 7) is 1.79. The van der Waals surface area contributed by atoms with Crippen LogP contribution in [0.4, 0.5) is 16.2 Å². The number of non-ortho nitro benzene ring substituents is 1. The molecule has 1 aromatic carbocycles. The van der Waals surface area contributed by atoms with Crippen LogP contribution in [-0.4, -0.2) is 49.8 Å². The third-order valence-electron chi connectivity index (χ3n) is 5.10. The summed E-state index contributed by atoms with van der Waals surface area (Å²) in [5.41, 5.74) is 1.17. The summed E-state index contributed by atoms with van der Waals surface area (Å²) in [6, 6.07) is 8.98. The summed E-state index contributed by atoms with van der Waals surface area (Å²) in [7, 11) is 0. The maximum absolute atomic E-state index is 12.8. The topological polar surface area (TPSA) is 132 Å². The van der Waals surface area contributed by atoms with Crippen LogP contribution >= 0.6 is 11.8 Å². The number of likely N-dealkylation sites (tertiary alicyclic amines) is 1. The molecule has 0 spiro atoms. The van der Waals surface area contributed by atoms with E-state index in [0.717, 1.165) is 0 Å². The van der Waals surface area contributed by atoms with Gasteiger partial charge in [-0.1, -0.05) is 11.8 Å². The van der Waals surface area contributed by atoms with Crippen molar-refractivity contribution in [2.45, 2.75) is 44.1 Å². The number of nitro groups is 1. The normalized spacial score (nSPS) is 17.4. The van der Waals surface area contributed by atoms with Gasteiger partial charge >= 0.3 is 6.09 Å². The smallest absolute Gasteiger partial charge is 0.410 e. The number of benzene rings is 1. The Morgan fingerprint density at radius 1 is 1.27 bits per heavy atom. The van der Waals surface area contributed by atoms with Gasteiger partial charge in [-0.3, -0.25) is 24.7 Å². The second-order valence-electron chi connectivity index (χ2n) is 7.58. The zero-order valence-electron chi connectivity index (χ0n) is 18.0. The first kappa shape index (κ1) is 24.2. The van der Waals surface area contributed by atoms with Gasteiger partial charge in [-0.15, -0.1) is 0 Å². The Kier molecular flexibility index (Phi) is 8.36. The van der Waals surface area contributed by atoms with E-state index in [4.69, 9.17) is 4.74 Å². The molecule has 11 heteroatoms. The van der Waals surface area contributed by atoms with Crippen LogP contribution in [-0.2, 0) is 20.9 Å². The molecule has 1 aliphatic heterocycles. The van der Waals surface area contributed by atoms with Gasteiger partial charge in [-0.05, 0) is 42.7 Å². The van der Waals surface area contributed by atoms with Crippen LogP contribution in [0, 0.1) is 10.1 Å². The Labute approximate surface area is 194 Å². The van der Waals surface area contributed by atoms with Gasteiger partial charge in [0.2, 0.25) is 5.91 Å². The summed E-state index contributed by atoms with van der Waals surface area (Å²) in [4.78, 5) is 52.4. The third-order valence-corrected chi connectivity index (χ3v) is 6.11. The molecule has 174 valence electrons. The Balaban J connectivity index is 1.57. The second-order valence-corrected chi connectivity index (χ2v) is 9.06. The van der Waals surface area contributed by atoms with E-state index >= 15 is 0 Å². The van der Waals surface area contributed by atoms with Crippen LogP contribution in [0.5, 0.6) is 0 Å². The molecule has 0 bridgehead atoms. The summed E-state index contributed by atoms with van der Waals surface area (Å²) in [5.74, 6) is -0.190. The number of hydrogen-bond donors (Lipinski definition) is 1. The lowest BCUT2D eigenvalue weighted by atomic mass is 10.1. The average molecular weight is 473 g/mol. The van der Waals surface area contributed by atoms with Crippen LogP contribution in [0.15, 0.2) is 48.8 Å². The lowest BCUT2D eigenvalue weighted by molar-refractivity contribution is -0.384. The fourth-order valence-electron chi connectivity index (χ4n) is 3.59. The fourth-order valence-corrected chi connectivity index (χ4v) is 4.61. The quantitative estimate of drug-likeness (QED) is 0.454. The average Bonchev–Trinajstić information content (AvgIpc) is 3.19. The lowest BCUT2D eigenvalue weighted by Crippen LogP contribution is -2.36. The molecular formula is C22H24N4O6S. The van der Waals surface area contributed by atoms with Gasteiger partial charge in [-0.25, -0.2) is 4.79 Å². The first-order chi connectivity index (χ1) is 15.8. The number of nitro benzene ring substituents is 1. The minimum absolute atomic E-state index is 0.0332. The number of amides is 2. The molecule has 3 rings (SSSR count). The van der Waals surface area contributed by atoms with Gasteiger partial charge in [0.05, 0.1) is 16.8 Å². The Bertz CT molecular complexity index is 1000. The minimum Gasteiger partial charge on any atom is -0.445 e. The maximum atomic E-state index is 12.8. The first-order valence-electron chi connectivity index (χ1n) is 10.4. The Hall–Kier alpha value is -3.47. The van der Waals surface area contributed by atoms with Crippen molar-refractivity contribution >= 4 is 40.3 Å². The van der Waals surface area contributed by atoms with E-state index in [-0.39, 0.29) is 41.0 Å². The molecule has 1 N–H and O–H groups in total. The molecule has 2 atom stereocenters. The van der Waals surface area contributed by atoms with Crippen molar-refractivity contribution in [1.29, 1.82) is 0 Å². The van der Waals surface area contributed by atoms with Crippen molar-refractivity contribution < 1.29 is 24.0 Å². The number of carbonyl (C=O) groups excluding carboxylic acids is 3. The number of nitrogens with one attached hydrogen (secondary N) is 1. The van der Waals surface area contributed by atoms with Crippen molar-refractivity contribution in [2.75, 3.05) is 11.9 Å². The van der Waals surface area contributed by atoms with E-state index < -0.39 is 11.0 Å². The molecule has 0 radical (unpaired) electrons. The fraction of sp³-hybridized carbons (Fsp3) is 0.364. The molecule has 33 heavy (non-hydrogen) atoms. The van der Waals surface area contributed by atoms with Crippen LogP contribution in [0.2, 0.25) is 0 Å². The largest absolute Gasteiger partial charge is 0.445 e. The summed E-state index contributed by atoms with van der Waals surface area (Å²) in [6.07, 6.45) is 3.82. The summed E-state index contributed by atoms with van der Waals surface area (Å²) >= 11 is 1.18. The van der Waals surface area contributed by atoms with Crippen molar-refractivity contribution in [3.05, 3.63) is 64.5 Å². The highest BCUT2D eigenvalue weighted by Crippen LogP contribution is 2.31. The van der Waals surface area contributed by atoms with E-state index in [1.54, 1.807) is 29.4 Å². The predicted molar refractivity (Wildman–Crippen MR) is 123 cm³/mol. The zero-order valence-corrected chi connectivity index (χ0v) is 18.8. The predicted octanol–water partition coefficient (Wildman–Crippen LogP) is 3.77. The van der Waals surface area contributed by atoms with E-state index in [0.29, 0.717) is 30.6 Å². The van der Waals surface area contributed by atoms with E-state index in [1.165, 1.54) is 43.0 Å². The van der Waals surface area contributed by atoms with Gasteiger partial charge in [0.25, 0.3) is 5.69 Å². The van der Waals surface area contributed by atoms with Crippen molar-refractivity contribution in [1.82, 2.24) is 9.88 Å². The van der Waals surface area contributed by atoms with Crippen LogP contribution in [0.3, 0.4) is 0 Å². The van der Waals surface area contributed by atoms with Crippen LogP contribution < -0.4 is 5.32 Å². The summed E-state index contributed by atoms with van der Waals surface area (Å²) < 4.78 is 5.41. The second kappa shape index (κ2) is 11.4. The third kappa shape index (κ3) is 7.28. The molecule has 1 fully saturated rings. The number of pyridine rings is 1. The number of nitrogens with zero attached hydrogens (tertiary/aromatic N) is 3. The number of anilines is 1. The van der Waals surface area contributed by atoms with E-state index in [9.17, 15) is 24.5 Å². The molecule has 1 saturated heterocycles. The zero-order chi connectivity index (χ0) is 23.8. The molecule has 2 heterocycles. The number of ether oxygens (including phenoxy) is 1. The molecule has 2 aromatic rings. The molecule has 0 saturated carbocycles. The van der Waals surface area contributed by atoms with Gasteiger partial charge < -0.3 is 15.0 Å². The highest BCUT2D eigenvalue weighted by atomic mass is 32.2. The first-order valence-corrected chi connectivity index (χ1v) is 11.2. The van der Waals surface area contributed by atoms with Crippen molar-refractivity contribution in [3.63, 3.8) is 0 Å². The number of aromatic nitrogens is 1. The highest BCUT2D eigenvalue weighted by Gasteiger charge is 2.37. The van der Waals surface area contributed by atoms with Crippen molar-refractivity contribution in [2.24, 2.45) is 0 Å². The Morgan fingerprint density at radius 2 is 2.03 bits per heavy atom. The minimum atomic E-state index is -0.544. The summed E-state index contributed by atoms with van der Waals surface area (Å²) in [5, 5.41) is 13.4. The van der Waals surface area contributed by atoms with Gasteiger partial charge in [0, 0.05) is 49.5 Å². The number of thioether (sulfide) groups is 1. The van der Waals surface area contributed by atoms with Crippen molar-refractivity contribution in [3.8, 4) is 0 Å². The van der Waals surface area contributed by atoms with Crippen LogP contribution in [0.25, 0.3) is 0 Å². The number of rotatable bonds is 8. The Morgan fingerprint density at radius 3 is 2.67 bits per heavy atom. The monoisotopic (exact) mass is 472 g/mol. The molecule has 0 aliphatic carbocycles. The van der Waals surface area contributed by atoms with Gasteiger partial charge in [0.1, 0.15) is 6.61 Å². The molecule has 10 nitrogen and oxygen atoms in total.